The maximum Gasteiger partial charge on any atom is 0.219 e. The Kier molecular flexibility index (Phi) is 2.74. The molecule has 0 saturated heterocycles. The predicted molar refractivity (Wildman–Crippen MR) is 60.2 cm³/mol. The summed E-state index contributed by atoms with van der Waals surface area (Å²) in [5, 5.41) is 0.517. The van der Waals surface area contributed by atoms with E-state index in [1.54, 1.807) is 30.5 Å². The Morgan fingerprint density at radius 1 is 1.20 bits per heavy atom. The lowest BCUT2D eigenvalue weighted by atomic mass is 10.3. The van der Waals surface area contributed by atoms with Gasteiger partial charge in [-0.25, -0.2) is 4.98 Å². The first-order chi connectivity index (χ1) is 7.25. The number of hydrogen-bond acceptors (Lipinski definition) is 3. The molecule has 0 aliphatic carbocycles. The van der Waals surface area contributed by atoms with Crippen molar-refractivity contribution in [1.29, 1.82) is 0 Å². The highest BCUT2D eigenvalue weighted by atomic mass is 35.5. The lowest BCUT2D eigenvalue weighted by molar-refractivity contribution is 0.463. The van der Waals surface area contributed by atoms with Crippen molar-refractivity contribution < 1.29 is 4.74 Å². The maximum atomic E-state index is 5.79. The molecule has 2 rings (SSSR count). The van der Waals surface area contributed by atoms with Crippen LogP contribution in [0.1, 0.15) is 0 Å². The number of benzene rings is 1. The van der Waals surface area contributed by atoms with Crippen LogP contribution in [0.5, 0.6) is 11.6 Å². The number of halogens is 1. The standard InChI is InChI=1S/C11H9ClN2O/c12-9-5-4-8(7-10(9)13)15-11-3-1-2-6-14-11/h1-7H,13H2. The van der Waals surface area contributed by atoms with E-state index in [1.165, 1.54) is 0 Å². The van der Waals surface area contributed by atoms with Crippen LogP contribution in [0.25, 0.3) is 0 Å². The van der Waals surface area contributed by atoms with E-state index < -0.39 is 0 Å². The minimum atomic E-state index is 0.491. The number of rotatable bonds is 2. The summed E-state index contributed by atoms with van der Waals surface area (Å²) >= 11 is 5.79. The van der Waals surface area contributed by atoms with Gasteiger partial charge < -0.3 is 10.5 Å². The van der Waals surface area contributed by atoms with Crippen LogP contribution in [0.2, 0.25) is 5.02 Å². The van der Waals surface area contributed by atoms with E-state index in [2.05, 4.69) is 4.98 Å². The molecule has 0 amide bonds. The molecular formula is C11H9ClN2O. The van der Waals surface area contributed by atoms with Crippen LogP contribution in [0.15, 0.2) is 42.6 Å². The van der Waals surface area contributed by atoms with Crippen molar-refractivity contribution in [2.45, 2.75) is 0 Å². The largest absolute Gasteiger partial charge is 0.439 e. The van der Waals surface area contributed by atoms with Crippen molar-refractivity contribution in [3.05, 3.63) is 47.6 Å². The number of aromatic nitrogens is 1. The van der Waals surface area contributed by atoms with Gasteiger partial charge in [-0.2, -0.15) is 0 Å². The highest BCUT2D eigenvalue weighted by molar-refractivity contribution is 6.33. The second-order valence-electron chi connectivity index (χ2n) is 2.95. The van der Waals surface area contributed by atoms with Gasteiger partial charge >= 0.3 is 0 Å². The van der Waals surface area contributed by atoms with Gasteiger partial charge in [-0.05, 0) is 18.2 Å². The van der Waals surface area contributed by atoms with Crippen molar-refractivity contribution in [3.8, 4) is 11.6 Å². The first kappa shape index (κ1) is 9.80. The van der Waals surface area contributed by atoms with E-state index in [1.807, 2.05) is 12.1 Å². The normalized spacial score (nSPS) is 9.93. The molecule has 0 fully saturated rings. The van der Waals surface area contributed by atoms with Gasteiger partial charge in [0.1, 0.15) is 5.75 Å². The van der Waals surface area contributed by atoms with E-state index >= 15 is 0 Å². The van der Waals surface area contributed by atoms with Crippen LogP contribution in [0.3, 0.4) is 0 Å². The number of nitrogens with two attached hydrogens (primary N) is 1. The third-order valence-electron chi connectivity index (χ3n) is 1.83. The Morgan fingerprint density at radius 3 is 2.73 bits per heavy atom. The predicted octanol–water partition coefficient (Wildman–Crippen LogP) is 3.11. The highest BCUT2D eigenvalue weighted by Crippen LogP contribution is 2.26. The number of pyridine rings is 1. The molecule has 0 aliphatic heterocycles. The minimum Gasteiger partial charge on any atom is -0.439 e. The smallest absolute Gasteiger partial charge is 0.219 e. The van der Waals surface area contributed by atoms with E-state index in [0.29, 0.717) is 22.3 Å². The van der Waals surface area contributed by atoms with Crippen LogP contribution in [-0.4, -0.2) is 4.98 Å². The summed E-state index contributed by atoms with van der Waals surface area (Å²) in [4.78, 5) is 4.03. The number of anilines is 1. The van der Waals surface area contributed by atoms with Crippen molar-refractivity contribution in [3.63, 3.8) is 0 Å². The fraction of sp³-hybridized carbons (Fsp3) is 0. The van der Waals surface area contributed by atoms with Crippen molar-refractivity contribution in [1.82, 2.24) is 4.98 Å². The van der Waals surface area contributed by atoms with Crippen LogP contribution in [0.4, 0.5) is 5.69 Å². The Morgan fingerprint density at radius 2 is 2.07 bits per heavy atom. The van der Waals surface area contributed by atoms with Crippen LogP contribution in [-0.2, 0) is 0 Å². The number of ether oxygens (including phenoxy) is 1. The van der Waals surface area contributed by atoms with Gasteiger partial charge in [0, 0.05) is 18.3 Å². The van der Waals surface area contributed by atoms with Gasteiger partial charge in [0.05, 0.1) is 10.7 Å². The fourth-order valence-corrected chi connectivity index (χ4v) is 1.23. The summed E-state index contributed by atoms with van der Waals surface area (Å²) in [6, 6.07) is 10.5. The molecule has 0 spiro atoms. The summed E-state index contributed by atoms with van der Waals surface area (Å²) in [6.07, 6.45) is 1.66. The summed E-state index contributed by atoms with van der Waals surface area (Å²) in [6.45, 7) is 0. The van der Waals surface area contributed by atoms with E-state index in [0.717, 1.165) is 0 Å². The number of nitrogen functional groups attached to an aromatic ring is 1. The van der Waals surface area contributed by atoms with Gasteiger partial charge in [-0.15, -0.1) is 0 Å². The van der Waals surface area contributed by atoms with Crippen molar-refractivity contribution in [2.75, 3.05) is 5.73 Å². The topological polar surface area (TPSA) is 48.1 Å². The highest BCUT2D eigenvalue weighted by Gasteiger charge is 2.00. The van der Waals surface area contributed by atoms with Crippen LogP contribution in [0, 0.1) is 0 Å². The summed E-state index contributed by atoms with van der Waals surface area (Å²) in [5.74, 6) is 1.15. The van der Waals surface area contributed by atoms with E-state index in [-0.39, 0.29) is 0 Å². The Labute approximate surface area is 92.5 Å². The number of hydrogen-bond donors (Lipinski definition) is 1. The molecule has 15 heavy (non-hydrogen) atoms. The molecule has 1 aromatic heterocycles. The quantitative estimate of drug-likeness (QED) is 0.792. The Bertz CT molecular complexity index is 459. The average molecular weight is 221 g/mol. The van der Waals surface area contributed by atoms with Crippen molar-refractivity contribution in [2.24, 2.45) is 0 Å². The van der Waals surface area contributed by atoms with Crippen LogP contribution < -0.4 is 10.5 Å². The zero-order valence-corrected chi connectivity index (χ0v) is 8.61. The van der Waals surface area contributed by atoms with Gasteiger partial charge in [0.25, 0.3) is 0 Å². The van der Waals surface area contributed by atoms with Crippen molar-refractivity contribution >= 4 is 17.3 Å². The molecular weight excluding hydrogens is 212 g/mol. The molecule has 0 radical (unpaired) electrons. The zero-order chi connectivity index (χ0) is 10.7. The van der Waals surface area contributed by atoms with Gasteiger partial charge in [0.2, 0.25) is 5.88 Å². The molecule has 2 N–H and O–H groups in total. The first-order valence-corrected chi connectivity index (χ1v) is 4.77. The summed E-state index contributed by atoms with van der Waals surface area (Å²) < 4.78 is 5.46. The third-order valence-corrected chi connectivity index (χ3v) is 2.17. The monoisotopic (exact) mass is 220 g/mol. The maximum absolute atomic E-state index is 5.79. The summed E-state index contributed by atoms with van der Waals surface area (Å²) in [7, 11) is 0. The molecule has 76 valence electrons. The minimum absolute atomic E-state index is 0.491. The second-order valence-corrected chi connectivity index (χ2v) is 3.36. The molecule has 0 aliphatic rings. The Balaban J connectivity index is 2.22. The molecule has 0 unspecified atom stereocenters. The molecule has 0 atom stereocenters. The van der Waals surface area contributed by atoms with E-state index in [9.17, 15) is 0 Å². The van der Waals surface area contributed by atoms with E-state index in [4.69, 9.17) is 22.1 Å². The molecule has 4 heteroatoms. The molecule has 0 bridgehead atoms. The van der Waals surface area contributed by atoms with Gasteiger partial charge in [-0.3, -0.25) is 0 Å². The SMILES string of the molecule is Nc1cc(Oc2ccccn2)ccc1Cl. The van der Waals surface area contributed by atoms with Gasteiger partial charge in [-0.1, -0.05) is 17.7 Å². The lowest BCUT2D eigenvalue weighted by Crippen LogP contribution is -1.90. The fourth-order valence-electron chi connectivity index (χ4n) is 1.11. The third kappa shape index (κ3) is 2.39. The van der Waals surface area contributed by atoms with Gasteiger partial charge in [0.15, 0.2) is 0 Å². The molecule has 1 heterocycles. The average Bonchev–Trinajstić information content (AvgIpc) is 2.25. The zero-order valence-electron chi connectivity index (χ0n) is 7.85. The first-order valence-electron chi connectivity index (χ1n) is 4.39. The molecule has 2 aromatic rings. The number of nitrogens with zero attached hydrogens (tertiary/aromatic N) is 1. The Hall–Kier alpha value is -1.74. The molecule has 0 saturated carbocycles. The lowest BCUT2D eigenvalue weighted by Gasteiger charge is -2.05. The molecule has 1 aromatic carbocycles. The summed E-state index contributed by atoms with van der Waals surface area (Å²) in [5.41, 5.74) is 6.13. The van der Waals surface area contributed by atoms with Crippen LogP contribution >= 0.6 is 11.6 Å². The molecule has 3 nitrogen and oxygen atoms in total. The second kappa shape index (κ2) is 4.19.